The van der Waals surface area contributed by atoms with Gasteiger partial charge in [0.1, 0.15) is 0 Å². The summed E-state index contributed by atoms with van der Waals surface area (Å²) in [6, 6.07) is 0. The summed E-state index contributed by atoms with van der Waals surface area (Å²) < 4.78 is 4.70. The molecule has 2 nitrogen and oxygen atoms in total. The Morgan fingerprint density at radius 1 is 1.50 bits per heavy atom. The van der Waals surface area contributed by atoms with E-state index >= 15 is 0 Å². The van der Waals surface area contributed by atoms with Gasteiger partial charge in [-0.1, -0.05) is 0 Å². The van der Waals surface area contributed by atoms with Crippen molar-refractivity contribution in [3.8, 4) is 0 Å². The number of rotatable bonds is 2. The molecule has 0 radical (unpaired) electrons. The molecule has 1 aliphatic carbocycles. The van der Waals surface area contributed by atoms with Crippen LogP contribution in [0.5, 0.6) is 0 Å². The van der Waals surface area contributed by atoms with Crippen LogP contribution in [0, 0.1) is 5.92 Å². The predicted molar refractivity (Wildman–Crippen MR) is 39.4 cm³/mol. The lowest BCUT2D eigenvalue weighted by Gasteiger charge is -1.96. The SMILES string of the molecule is CCOC(=O)C1C(Cl)C1Cl. The summed E-state index contributed by atoms with van der Waals surface area (Å²) in [5, 5.41) is -0.443. The van der Waals surface area contributed by atoms with Crippen molar-refractivity contribution in [2.75, 3.05) is 6.61 Å². The monoisotopic (exact) mass is 182 g/mol. The molecule has 0 aromatic carbocycles. The van der Waals surface area contributed by atoms with Crippen molar-refractivity contribution in [2.24, 2.45) is 5.92 Å². The summed E-state index contributed by atoms with van der Waals surface area (Å²) in [5.41, 5.74) is 0. The Morgan fingerprint density at radius 3 is 2.30 bits per heavy atom. The maximum Gasteiger partial charge on any atom is 0.312 e. The lowest BCUT2D eigenvalue weighted by atomic mass is 10.4. The Balaban J connectivity index is 2.31. The van der Waals surface area contributed by atoms with E-state index in [4.69, 9.17) is 27.9 Å². The molecule has 1 fully saturated rings. The Bertz CT molecular complexity index is 141. The lowest BCUT2D eigenvalue weighted by molar-refractivity contribution is -0.144. The Hall–Kier alpha value is 0.0500. The molecule has 1 saturated carbocycles. The van der Waals surface area contributed by atoms with Crippen LogP contribution in [0.2, 0.25) is 0 Å². The molecule has 0 heterocycles. The first kappa shape index (κ1) is 8.15. The van der Waals surface area contributed by atoms with Crippen molar-refractivity contribution >= 4 is 29.2 Å². The minimum absolute atomic E-state index is 0.222. The van der Waals surface area contributed by atoms with Crippen LogP contribution in [0.3, 0.4) is 0 Å². The first-order chi connectivity index (χ1) is 4.68. The van der Waals surface area contributed by atoms with Crippen molar-refractivity contribution in [2.45, 2.75) is 17.7 Å². The standard InChI is InChI=1S/C6H8Cl2O2/c1-2-10-6(9)3-4(7)5(3)8/h3-5H,2H2,1H3. The van der Waals surface area contributed by atoms with Crippen LogP contribution in [0.25, 0.3) is 0 Å². The first-order valence-electron chi connectivity index (χ1n) is 3.13. The molecule has 0 spiro atoms. The van der Waals surface area contributed by atoms with E-state index < -0.39 is 0 Å². The highest BCUT2D eigenvalue weighted by Crippen LogP contribution is 2.42. The average molecular weight is 183 g/mol. The van der Waals surface area contributed by atoms with Crippen molar-refractivity contribution in [3.63, 3.8) is 0 Å². The van der Waals surface area contributed by atoms with Crippen molar-refractivity contribution in [1.29, 1.82) is 0 Å². The van der Waals surface area contributed by atoms with Crippen molar-refractivity contribution in [3.05, 3.63) is 0 Å². The maximum atomic E-state index is 10.8. The molecule has 58 valence electrons. The second kappa shape index (κ2) is 2.97. The maximum absolute atomic E-state index is 10.8. The fraction of sp³-hybridized carbons (Fsp3) is 0.833. The summed E-state index contributed by atoms with van der Waals surface area (Å²) in [6.45, 7) is 2.15. The molecule has 2 atom stereocenters. The van der Waals surface area contributed by atoms with Gasteiger partial charge in [0.25, 0.3) is 0 Å². The van der Waals surface area contributed by atoms with Crippen LogP contribution in [0.1, 0.15) is 6.92 Å². The molecule has 0 N–H and O–H groups in total. The zero-order valence-electron chi connectivity index (χ0n) is 5.51. The highest BCUT2D eigenvalue weighted by atomic mass is 35.5. The number of carbonyl (C=O) groups is 1. The van der Waals surface area contributed by atoms with Gasteiger partial charge in [0.05, 0.1) is 23.3 Å². The largest absolute Gasteiger partial charge is 0.466 e. The number of ether oxygens (including phenoxy) is 1. The van der Waals surface area contributed by atoms with Crippen LogP contribution < -0.4 is 0 Å². The normalized spacial score (nSPS) is 37.3. The number of halogens is 2. The van der Waals surface area contributed by atoms with E-state index in [9.17, 15) is 4.79 Å². The van der Waals surface area contributed by atoms with Crippen LogP contribution in [-0.4, -0.2) is 23.3 Å². The van der Waals surface area contributed by atoms with E-state index in [0.29, 0.717) is 6.61 Å². The van der Waals surface area contributed by atoms with Crippen LogP contribution in [-0.2, 0) is 9.53 Å². The zero-order valence-corrected chi connectivity index (χ0v) is 7.02. The molecular weight excluding hydrogens is 175 g/mol. The molecule has 10 heavy (non-hydrogen) atoms. The molecule has 0 saturated heterocycles. The number of carbonyl (C=O) groups excluding carboxylic acids is 1. The topological polar surface area (TPSA) is 26.3 Å². The van der Waals surface area contributed by atoms with Gasteiger partial charge in [-0.3, -0.25) is 4.79 Å². The van der Waals surface area contributed by atoms with Gasteiger partial charge in [0, 0.05) is 0 Å². The Morgan fingerprint density at radius 2 is 2.00 bits per heavy atom. The number of hydrogen-bond acceptors (Lipinski definition) is 2. The highest BCUT2D eigenvalue weighted by Gasteiger charge is 2.54. The number of hydrogen-bond donors (Lipinski definition) is 0. The van der Waals surface area contributed by atoms with Gasteiger partial charge >= 0.3 is 5.97 Å². The van der Waals surface area contributed by atoms with Crippen LogP contribution >= 0.6 is 23.2 Å². The second-order valence-electron chi connectivity index (χ2n) is 2.17. The summed E-state index contributed by atoms with van der Waals surface area (Å²) in [7, 11) is 0. The summed E-state index contributed by atoms with van der Waals surface area (Å²) >= 11 is 11.2. The third-order valence-electron chi connectivity index (χ3n) is 1.41. The highest BCUT2D eigenvalue weighted by molar-refractivity contribution is 6.37. The molecule has 0 aromatic rings. The van der Waals surface area contributed by atoms with E-state index in [-0.39, 0.29) is 22.6 Å². The Labute approximate surface area is 69.4 Å². The van der Waals surface area contributed by atoms with Gasteiger partial charge < -0.3 is 4.74 Å². The molecule has 0 aromatic heterocycles. The molecule has 0 amide bonds. The molecule has 1 aliphatic rings. The number of esters is 1. The van der Waals surface area contributed by atoms with Gasteiger partial charge in [0.15, 0.2) is 0 Å². The van der Waals surface area contributed by atoms with Gasteiger partial charge in [-0.25, -0.2) is 0 Å². The lowest BCUT2D eigenvalue weighted by Crippen LogP contribution is -2.08. The number of alkyl halides is 2. The Kier molecular flexibility index (Phi) is 2.42. The third kappa shape index (κ3) is 1.38. The van der Waals surface area contributed by atoms with Gasteiger partial charge in [0.2, 0.25) is 0 Å². The second-order valence-corrected chi connectivity index (χ2v) is 3.17. The molecule has 4 heteroatoms. The van der Waals surface area contributed by atoms with E-state index in [1.54, 1.807) is 6.92 Å². The zero-order chi connectivity index (χ0) is 7.72. The summed E-state index contributed by atoms with van der Waals surface area (Å²) in [5.74, 6) is -0.550. The molecule has 0 aliphatic heterocycles. The molecule has 2 unspecified atom stereocenters. The van der Waals surface area contributed by atoms with Crippen LogP contribution in [0.15, 0.2) is 0 Å². The smallest absolute Gasteiger partial charge is 0.312 e. The van der Waals surface area contributed by atoms with Gasteiger partial charge in [-0.15, -0.1) is 23.2 Å². The fourth-order valence-corrected chi connectivity index (χ4v) is 1.48. The molecule has 1 rings (SSSR count). The van der Waals surface area contributed by atoms with Gasteiger partial charge in [-0.2, -0.15) is 0 Å². The average Bonchev–Trinajstić information content (AvgIpc) is 2.42. The van der Waals surface area contributed by atoms with Crippen LogP contribution in [0.4, 0.5) is 0 Å². The minimum atomic E-state index is -0.275. The first-order valence-corrected chi connectivity index (χ1v) is 4.00. The van der Waals surface area contributed by atoms with E-state index in [1.807, 2.05) is 0 Å². The van der Waals surface area contributed by atoms with E-state index in [2.05, 4.69) is 0 Å². The van der Waals surface area contributed by atoms with E-state index in [0.717, 1.165) is 0 Å². The predicted octanol–water partition coefficient (Wildman–Crippen LogP) is 1.39. The quantitative estimate of drug-likeness (QED) is 0.477. The van der Waals surface area contributed by atoms with Crippen molar-refractivity contribution < 1.29 is 9.53 Å². The minimum Gasteiger partial charge on any atom is -0.466 e. The van der Waals surface area contributed by atoms with Crippen molar-refractivity contribution in [1.82, 2.24) is 0 Å². The fourth-order valence-electron chi connectivity index (χ4n) is 0.738. The van der Waals surface area contributed by atoms with Gasteiger partial charge in [-0.05, 0) is 6.92 Å². The summed E-state index contributed by atoms with van der Waals surface area (Å²) in [4.78, 5) is 10.8. The summed E-state index contributed by atoms with van der Waals surface area (Å²) in [6.07, 6.45) is 0. The third-order valence-corrected chi connectivity index (χ3v) is 2.62. The van der Waals surface area contributed by atoms with E-state index in [1.165, 1.54) is 0 Å². The molecular formula is C6H8Cl2O2. The molecule has 0 bridgehead atoms.